The summed E-state index contributed by atoms with van der Waals surface area (Å²) in [6, 6.07) is 11.7. The van der Waals surface area contributed by atoms with E-state index in [1.165, 1.54) is 4.90 Å². The highest BCUT2D eigenvalue weighted by Crippen LogP contribution is 2.16. The van der Waals surface area contributed by atoms with Gasteiger partial charge in [0.25, 0.3) is 0 Å². The Morgan fingerprint density at radius 2 is 2.14 bits per heavy atom. The van der Waals surface area contributed by atoms with E-state index in [4.69, 9.17) is 21.4 Å². The van der Waals surface area contributed by atoms with Crippen LogP contribution in [-0.2, 0) is 0 Å². The van der Waals surface area contributed by atoms with Crippen molar-refractivity contribution in [1.82, 2.24) is 5.32 Å². The van der Waals surface area contributed by atoms with Crippen LogP contribution in [0.1, 0.15) is 11.8 Å². The van der Waals surface area contributed by atoms with Crippen LogP contribution in [0.2, 0.25) is 0 Å². The molecule has 0 saturated heterocycles. The number of hydrogen-bond donors (Lipinski definition) is 3. The third-order valence-corrected chi connectivity index (χ3v) is 3.62. The average Bonchev–Trinajstić information content (AvgIpc) is 3.01. The highest BCUT2D eigenvalue weighted by molar-refractivity contribution is 7.80. The van der Waals surface area contributed by atoms with E-state index >= 15 is 0 Å². The molecule has 1 aromatic carbocycles. The number of likely N-dealkylation sites (N-methyl/N-ethyl adjacent to an activating group) is 1. The number of anilines is 1. The van der Waals surface area contributed by atoms with Gasteiger partial charge < -0.3 is 24.7 Å². The van der Waals surface area contributed by atoms with Crippen molar-refractivity contribution in [3.63, 3.8) is 0 Å². The maximum Gasteiger partial charge on any atom is 0.171 e. The first-order valence-electron chi connectivity index (χ1n) is 7.12. The van der Waals surface area contributed by atoms with Gasteiger partial charge in [-0.25, -0.2) is 0 Å². The summed E-state index contributed by atoms with van der Waals surface area (Å²) in [6.45, 7) is 0.686. The summed E-state index contributed by atoms with van der Waals surface area (Å²) >= 11 is 5.35. The van der Waals surface area contributed by atoms with E-state index in [-0.39, 0.29) is 6.04 Å². The summed E-state index contributed by atoms with van der Waals surface area (Å²) in [5.41, 5.74) is 0.892. The number of nitrogens with one attached hydrogen (secondary N) is 3. The summed E-state index contributed by atoms with van der Waals surface area (Å²) in [4.78, 5) is 1.27. The molecular weight excluding hydrogens is 298 g/mol. The van der Waals surface area contributed by atoms with Crippen molar-refractivity contribution in [3.8, 4) is 5.75 Å². The van der Waals surface area contributed by atoms with Gasteiger partial charge in [0.1, 0.15) is 5.75 Å². The van der Waals surface area contributed by atoms with Crippen molar-refractivity contribution in [2.45, 2.75) is 6.04 Å². The lowest BCUT2D eigenvalue weighted by atomic mass is 10.2. The number of ether oxygens (including phenoxy) is 1. The molecule has 1 aromatic heterocycles. The number of thiocarbonyl (C=S) groups is 1. The highest BCUT2D eigenvalue weighted by atomic mass is 32.1. The Morgan fingerprint density at radius 3 is 2.77 bits per heavy atom. The van der Waals surface area contributed by atoms with Crippen molar-refractivity contribution in [2.24, 2.45) is 0 Å². The van der Waals surface area contributed by atoms with E-state index in [1.807, 2.05) is 36.4 Å². The Balaban J connectivity index is 1.91. The Labute approximate surface area is 136 Å². The smallest absolute Gasteiger partial charge is 0.171 e. The van der Waals surface area contributed by atoms with Crippen LogP contribution < -0.4 is 20.3 Å². The maximum atomic E-state index is 5.50. The fourth-order valence-electron chi connectivity index (χ4n) is 2.15. The number of furan rings is 1. The first-order chi connectivity index (χ1) is 10.6. The van der Waals surface area contributed by atoms with Crippen LogP contribution in [0.25, 0.3) is 0 Å². The molecule has 0 radical (unpaired) electrons. The first kappa shape index (κ1) is 16.3. The monoisotopic (exact) mass is 320 g/mol. The molecule has 3 N–H and O–H groups in total. The van der Waals surface area contributed by atoms with Gasteiger partial charge in [-0.05, 0) is 36.5 Å². The van der Waals surface area contributed by atoms with Gasteiger partial charge in [-0.1, -0.05) is 6.07 Å². The molecule has 2 aromatic rings. The van der Waals surface area contributed by atoms with Gasteiger partial charge in [0.2, 0.25) is 0 Å². The van der Waals surface area contributed by atoms with Crippen LogP contribution >= 0.6 is 12.2 Å². The fraction of sp³-hybridized carbons (Fsp3) is 0.312. The van der Waals surface area contributed by atoms with Crippen molar-refractivity contribution in [2.75, 3.05) is 33.1 Å². The van der Waals surface area contributed by atoms with Crippen LogP contribution in [-0.4, -0.2) is 32.9 Å². The van der Waals surface area contributed by atoms with Crippen LogP contribution in [0.5, 0.6) is 5.75 Å². The second-order valence-corrected chi connectivity index (χ2v) is 5.62. The van der Waals surface area contributed by atoms with E-state index in [1.54, 1.807) is 13.4 Å². The number of hydrogen-bond acceptors (Lipinski definition) is 3. The minimum Gasteiger partial charge on any atom is -0.497 e. The molecule has 0 spiro atoms. The fourth-order valence-corrected chi connectivity index (χ4v) is 2.35. The molecule has 0 saturated carbocycles. The number of rotatable bonds is 6. The summed E-state index contributed by atoms with van der Waals surface area (Å²) in [5.74, 6) is 1.73. The third kappa shape index (κ3) is 4.47. The molecule has 5 nitrogen and oxygen atoms in total. The van der Waals surface area contributed by atoms with Crippen LogP contribution in [0.4, 0.5) is 5.69 Å². The molecule has 2 rings (SSSR count). The summed E-state index contributed by atoms with van der Waals surface area (Å²) in [5, 5.41) is 6.97. The number of quaternary nitrogens is 1. The van der Waals surface area contributed by atoms with E-state index in [0.29, 0.717) is 11.7 Å². The summed E-state index contributed by atoms with van der Waals surface area (Å²) < 4.78 is 10.7. The molecule has 6 heteroatoms. The maximum absolute atomic E-state index is 5.50. The topological polar surface area (TPSA) is 50.9 Å². The standard InChI is InChI=1S/C16H21N3O2S/c1-19(2)14(15-8-5-9-21-15)11-17-16(22)18-12-6-4-7-13(10-12)20-3/h4-10,14H,11H2,1-3H3,(H2,17,18,22)/p+1/t14-/m0/s1. The molecule has 1 heterocycles. The van der Waals surface area contributed by atoms with Gasteiger partial charge in [0.15, 0.2) is 16.9 Å². The third-order valence-electron chi connectivity index (χ3n) is 3.38. The Hall–Kier alpha value is -2.05. The van der Waals surface area contributed by atoms with Gasteiger partial charge in [-0.2, -0.15) is 0 Å². The zero-order valence-electron chi connectivity index (χ0n) is 13.1. The Bertz CT molecular complexity index is 599. The zero-order chi connectivity index (χ0) is 15.9. The number of methoxy groups -OCH3 is 1. The normalized spacial score (nSPS) is 12.0. The molecule has 0 aliphatic carbocycles. The minimum atomic E-state index is 0.194. The molecule has 1 atom stereocenters. The van der Waals surface area contributed by atoms with Crippen LogP contribution in [0.3, 0.4) is 0 Å². The van der Waals surface area contributed by atoms with Gasteiger partial charge in [0, 0.05) is 11.8 Å². The molecule has 0 aliphatic rings. The summed E-state index contributed by atoms with van der Waals surface area (Å²) in [7, 11) is 5.82. The lowest BCUT2D eigenvalue weighted by molar-refractivity contribution is -0.891. The van der Waals surface area contributed by atoms with Gasteiger partial charge in [-0.15, -0.1) is 0 Å². The van der Waals surface area contributed by atoms with E-state index in [2.05, 4.69) is 24.7 Å². The minimum absolute atomic E-state index is 0.194. The second-order valence-electron chi connectivity index (χ2n) is 5.21. The highest BCUT2D eigenvalue weighted by Gasteiger charge is 2.20. The quantitative estimate of drug-likeness (QED) is 0.704. The average molecular weight is 320 g/mol. The van der Waals surface area contributed by atoms with Crippen LogP contribution in [0.15, 0.2) is 47.1 Å². The largest absolute Gasteiger partial charge is 0.497 e. The van der Waals surface area contributed by atoms with E-state index < -0.39 is 0 Å². The second kappa shape index (κ2) is 7.82. The van der Waals surface area contributed by atoms with Crippen molar-refractivity contribution < 1.29 is 14.1 Å². The lowest BCUT2D eigenvalue weighted by Crippen LogP contribution is -3.07. The molecule has 0 aliphatic heterocycles. The molecule has 0 bridgehead atoms. The van der Waals surface area contributed by atoms with Crippen LogP contribution in [0, 0.1) is 0 Å². The summed E-state index contributed by atoms with van der Waals surface area (Å²) in [6.07, 6.45) is 1.69. The molecule has 22 heavy (non-hydrogen) atoms. The SMILES string of the molecule is COc1cccc(NC(=S)NC[C@@H](c2ccco2)[NH+](C)C)c1. The van der Waals surface area contributed by atoms with E-state index in [0.717, 1.165) is 17.2 Å². The molecular formula is C16H22N3O2S+. The Morgan fingerprint density at radius 1 is 1.32 bits per heavy atom. The molecule has 0 unspecified atom stereocenters. The van der Waals surface area contributed by atoms with Crippen molar-refractivity contribution >= 4 is 23.0 Å². The predicted molar refractivity (Wildman–Crippen MR) is 91.5 cm³/mol. The first-order valence-corrected chi connectivity index (χ1v) is 7.53. The lowest BCUT2D eigenvalue weighted by Gasteiger charge is -2.20. The van der Waals surface area contributed by atoms with Gasteiger partial charge in [0.05, 0.1) is 34.0 Å². The van der Waals surface area contributed by atoms with Crippen molar-refractivity contribution in [1.29, 1.82) is 0 Å². The zero-order valence-corrected chi connectivity index (χ0v) is 13.9. The van der Waals surface area contributed by atoms with Gasteiger partial charge in [-0.3, -0.25) is 0 Å². The molecule has 0 amide bonds. The predicted octanol–water partition coefficient (Wildman–Crippen LogP) is 1.46. The Kier molecular flexibility index (Phi) is 5.80. The number of benzene rings is 1. The molecule has 118 valence electrons. The van der Waals surface area contributed by atoms with Gasteiger partial charge >= 0.3 is 0 Å². The van der Waals surface area contributed by atoms with E-state index in [9.17, 15) is 0 Å². The molecule has 0 fully saturated rings. The van der Waals surface area contributed by atoms with Crippen molar-refractivity contribution in [3.05, 3.63) is 48.4 Å².